The van der Waals surface area contributed by atoms with Gasteiger partial charge in [-0.1, -0.05) is 18.2 Å². The molecule has 2 amide bonds. The van der Waals surface area contributed by atoms with E-state index in [2.05, 4.69) is 10.6 Å². The highest BCUT2D eigenvalue weighted by Gasteiger charge is 2.45. The topological polar surface area (TPSA) is 224 Å². The molecule has 5 N–H and O–H groups in total. The molecule has 3 aliphatic heterocycles. The Kier molecular flexibility index (Phi) is 13.9. The average molecular weight is 765 g/mol. The van der Waals surface area contributed by atoms with E-state index in [4.69, 9.17) is 18.9 Å². The number of carbonyl (C=O) groups excluding carboxylic acids is 6. The molecule has 2 aromatic carbocycles. The van der Waals surface area contributed by atoms with Crippen LogP contribution in [0.2, 0.25) is 0 Å². The first-order chi connectivity index (χ1) is 25.7. The zero-order valence-corrected chi connectivity index (χ0v) is 31.8. The van der Waals surface area contributed by atoms with Gasteiger partial charge in [-0.3, -0.25) is 19.2 Å². The van der Waals surface area contributed by atoms with Crippen molar-refractivity contribution < 1.29 is 63.0 Å². The van der Waals surface area contributed by atoms with Crippen molar-refractivity contribution in [1.82, 2.24) is 0 Å². The summed E-state index contributed by atoms with van der Waals surface area (Å²) in [6.07, 6.45) is -0.562. The Hall–Kier alpha value is -5.22. The number of hydrogen-bond acceptors (Lipinski definition) is 13. The van der Waals surface area contributed by atoms with Crippen LogP contribution in [0.15, 0.2) is 48.6 Å². The van der Waals surface area contributed by atoms with Gasteiger partial charge in [0.15, 0.2) is 17.4 Å². The Labute approximate surface area is 318 Å². The number of anilines is 2. The average Bonchev–Trinajstić information content (AvgIpc) is 3.36. The number of aryl methyl sites for hydroxylation is 3. The molecule has 296 valence electrons. The summed E-state index contributed by atoms with van der Waals surface area (Å²) in [5.41, 5.74) is 2.73. The number of aromatic hydroxyl groups is 1. The number of amides is 2. The predicted octanol–water partition coefficient (Wildman–Crippen LogP) is 4.05. The van der Waals surface area contributed by atoms with Gasteiger partial charge < -0.3 is 44.9 Å². The molecule has 0 bridgehead atoms. The molecule has 1 fully saturated rings. The van der Waals surface area contributed by atoms with Gasteiger partial charge >= 0.3 is 11.9 Å². The van der Waals surface area contributed by atoms with Crippen LogP contribution >= 0.6 is 0 Å². The molecule has 6 atom stereocenters. The smallest absolute Gasteiger partial charge is 0.344 e. The van der Waals surface area contributed by atoms with E-state index >= 15 is 0 Å². The van der Waals surface area contributed by atoms with Crippen LogP contribution in [0.1, 0.15) is 90.8 Å². The van der Waals surface area contributed by atoms with E-state index in [1.807, 2.05) is 13.0 Å². The summed E-state index contributed by atoms with van der Waals surface area (Å²) in [6.45, 7) is 12.1. The Morgan fingerprint density at radius 3 is 1.80 bits per heavy atom. The molecule has 1 saturated heterocycles. The molecule has 0 spiro atoms. The standard InChI is InChI=1S/C22H27NO6.C18H21NO7/c1-12-9-13(2)19-15(10-12)23-18(25)11-17-20(29-22(4,5)28-17)16(24)8-6-7-14(3)27-21(19)26;1-9-6-11-16(13(21)7-9)18(25)26-10(2)4-3-5-12(20)17(24)14(22)8-15(23)19-11/h6,8-10,14,17,20H,7,11H2,1-5H3,(H,23,25);3,5-7,10,14,17,21-22,24H,4,8H2,1-2H3,(H,19,23)/b8-6-;5-3-/t14-,17-,20+;10-,14-,17+/m00/s1. The number of benzene rings is 2. The number of esters is 2. The fourth-order valence-corrected chi connectivity index (χ4v) is 6.24. The number of rotatable bonds is 0. The largest absolute Gasteiger partial charge is 0.507 e. The van der Waals surface area contributed by atoms with Crippen molar-refractivity contribution in [3.05, 3.63) is 76.4 Å². The lowest BCUT2D eigenvalue weighted by Crippen LogP contribution is -2.36. The van der Waals surface area contributed by atoms with E-state index in [1.54, 1.807) is 53.7 Å². The van der Waals surface area contributed by atoms with Crippen molar-refractivity contribution in [2.24, 2.45) is 0 Å². The van der Waals surface area contributed by atoms with E-state index in [-0.39, 0.29) is 41.5 Å². The number of fused-ring (bicyclic) bond motifs is 3. The molecule has 0 unspecified atom stereocenters. The molecule has 0 radical (unpaired) electrons. The quantitative estimate of drug-likeness (QED) is 0.239. The van der Waals surface area contributed by atoms with Gasteiger partial charge in [-0.05, 0) is 95.5 Å². The van der Waals surface area contributed by atoms with Crippen LogP contribution in [0.4, 0.5) is 11.4 Å². The van der Waals surface area contributed by atoms with Crippen molar-refractivity contribution in [2.45, 2.75) is 117 Å². The number of hydrogen-bond donors (Lipinski definition) is 5. The number of aliphatic hydroxyl groups is 2. The fourth-order valence-electron chi connectivity index (χ4n) is 6.24. The molecule has 0 aromatic heterocycles. The van der Waals surface area contributed by atoms with E-state index < -0.39 is 72.5 Å². The molecule has 0 aliphatic carbocycles. The van der Waals surface area contributed by atoms with Crippen LogP contribution in [0.3, 0.4) is 0 Å². The normalized spacial score (nSPS) is 27.5. The highest BCUT2D eigenvalue weighted by Crippen LogP contribution is 2.33. The third kappa shape index (κ3) is 11.4. The van der Waals surface area contributed by atoms with Gasteiger partial charge in [-0.2, -0.15) is 0 Å². The Morgan fingerprint density at radius 2 is 1.20 bits per heavy atom. The number of phenols is 1. The summed E-state index contributed by atoms with van der Waals surface area (Å²) in [6, 6.07) is 6.43. The summed E-state index contributed by atoms with van der Waals surface area (Å²) in [5.74, 6) is -4.81. The lowest BCUT2D eigenvalue weighted by molar-refractivity contribution is -0.153. The third-order valence-electron chi connectivity index (χ3n) is 8.72. The van der Waals surface area contributed by atoms with Gasteiger partial charge in [-0.25, -0.2) is 9.59 Å². The first-order valence-electron chi connectivity index (χ1n) is 17.8. The Bertz CT molecular complexity index is 1900. The molecule has 3 aliphatic rings. The number of ether oxygens (including phenoxy) is 4. The summed E-state index contributed by atoms with van der Waals surface area (Å²) in [4.78, 5) is 74.4. The van der Waals surface area contributed by atoms with Crippen molar-refractivity contribution in [3.63, 3.8) is 0 Å². The molecular weight excluding hydrogens is 716 g/mol. The summed E-state index contributed by atoms with van der Waals surface area (Å²) >= 11 is 0. The maximum absolute atomic E-state index is 12.7. The van der Waals surface area contributed by atoms with Crippen molar-refractivity contribution in [1.29, 1.82) is 0 Å². The second-order valence-corrected chi connectivity index (χ2v) is 14.3. The minimum atomic E-state index is -1.75. The highest BCUT2D eigenvalue weighted by atomic mass is 16.8. The molecule has 0 saturated carbocycles. The molecule has 15 heteroatoms. The molecular formula is C40H48N2O13. The zero-order chi connectivity index (χ0) is 40.8. The molecule has 55 heavy (non-hydrogen) atoms. The van der Waals surface area contributed by atoms with Crippen LogP contribution in [-0.4, -0.2) is 93.0 Å². The zero-order valence-electron chi connectivity index (χ0n) is 31.8. The van der Waals surface area contributed by atoms with Crippen LogP contribution in [0, 0.1) is 20.8 Å². The number of nitrogens with one attached hydrogen (secondary N) is 2. The first-order valence-corrected chi connectivity index (χ1v) is 17.8. The van der Waals surface area contributed by atoms with Gasteiger partial charge in [0.05, 0.1) is 35.9 Å². The van der Waals surface area contributed by atoms with E-state index in [0.29, 0.717) is 23.2 Å². The minimum Gasteiger partial charge on any atom is -0.507 e. The number of ketones is 2. The fraction of sp³-hybridized carbons (Fsp3) is 0.450. The summed E-state index contributed by atoms with van der Waals surface area (Å²) in [7, 11) is 0. The maximum Gasteiger partial charge on any atom is 0.344 e. The van der Waals surface area contributed by atoms with Crippen LogP contribution in [0.25, 0.3) is 0 Å². The van der Waals surface area contributed by atoms with E-state index in [9.17, 15) is 44.1 Å². The van der Waals surface area contributed by atoms with Crippen LogP contribution in [-0.2, 0) is 38.1 Å². The molecule has 15 nitrogen and oxygen atoms in total. The number of aliphatic hydroxyl groups excluding tert-OH is 2. The lowest BCUT2D eigenvalue weighted by Gasteiger charge is -2.19. The number of carbonyl (C=O) groups is 6. The predicted molar refractivity (Wildman–Crippen MR) is 198 cm³/mol. The van der Waals surface area contributed by atoms with Gasteiger partial charge in [0.1, 0.15) is 41.8 Å². The second kappa shape index (κ2) is 17.9. The van der Waals surface area contributed by atoms with Gasteiger partial charge in [-0.15, -0.1) is 0 Å². The summed E-state index contributed by atoms with van der Waals surface area (Å²) < 4.78 is 22.3. The van der Waals surface area contributed by atoms with Crippen LogP contribution in [0.5, 0.6) is 5.75 Å². The second-order valence-electron chi connectivity index (χ2n) is 14.3. The third-order valence-corrected chi connectivity index (χ3v) is 8.72. The first kappa shape index (κ1) is 42.5. The lowest BCUT2D eigenvalue weighted by atomic mass is 10.0. The van der Waals surface area contributed by atoms with Crippen LogP contribution < -0.4 is 10.6 Å². The maximum atomic E-state index is 12.7. The minimum absolute atomic E-state index is 0.0188. The van der Waals surface area contributed by atoms with Crippen molar-refractivity contribution in [3.8, 4) is 5.75 Å². The highest BCUT2D eigenvalue weighted by molar-refractivity contribution is 6.05. The van der Waals surface area contributed by atoms with Gasteiger partial charge in [0, 0.05) is 12.8 Å². The SMILES string of the molecule is Cc1cc(C)c2c(c1)NC(=O)C[C@@H]1OC(C)(C)O[C@@H]1C(=O)/C=C\C[C@H](C)OC2=O.Cc1cc(O)c2c(c1)NC(=O)C[C@H](O)[C@H](O)C(=O)/C=C\C[C@H](C)OC2=O. The van der Waals surface area contributed by atoms with E-state index in [0.717, 1.165) is 17.2 Å². The Balaban J connectivity index is 0.000000246. The number of cyclic esters (lactones) is 2. The Morgan fingerprint density at radius 1 is 0.691 bits per heavy atom. The molecule has 3 heterocycles. The van der Waals surface area contributed by atoms with Gasteiger partial charge in [0.2, 0.25) is 11.8 Å². The molecule has 5 rings (SSSR count). The van der Waals surface area contributed by atoms with Gasteiger partial charge in [0.25, 0.3) is 0 Å². The molecule has 2 aromatic rings. The van der Waals surface area contributed by atoms with E-state index in [1.165, 1.54) is 24.3 Å². The van der Waals surface area contributed by atoms with Crippen molar-refractivity contribution >= 4 is 46.7 Å². The summed E-state index contributed by atoms with van der Waals surface area (Å²) in [5, 5.41) is 35.0. The number of phenolic OH excluding ortho intramolecular Hbond substituents is 1. The monoisotopic (exact) mass is 764 g/mol. The van der Waals surface area contributed by atoms with Crippen molar-refractivity contribution in [2.75, 3.05) is 10.6 Å².